The molecule has 1 heterocycles. The van der Waals surface area contributed by atoms with Crippen LogP contribution in [0.5, 0.6) is 17.2 Å². The number of carbonyl (C=O) groups excluding carboxylic acids is 2. The van der Waals surface area contributed by atoms with Gasteiger partial charge in [0.25, 0.3) is 16.8 Å². The molecule has 1 fully saturated rings. The lowest BCUT2D eigenvalue weighted by molar-refractivity contribution is -0.394. The van der Waals surface area contributed by atoms with E-state index >= 15 is 0 Å². The Kier molecular flexibility index (Phi) is 7.72. The van der Waals surface area contributed by atoms with Gasteiger partial charge >= 0.3 is 5.69 Å². The van der Waals surface area contributed by atoms with Crippen LogP contribution < -0.4 is 9.47 Å². The van der Waals surface area contributed by atoms with Crippen molar-refractivity contribution in [2.45, 2.75) is 20.4 Å². The number of nitro benzene ring substituents is 2. The quantitative estimate of drug-likeness (QED) is 0.177. The first-order valence-corrected chi connectivity index (χ1v) is 12.2. The van der Waals surface area contributed by atoms with Gasteiger partial charge in [0.2, 0.25) is 5.75 Å². The van der Waals surface area contributed by atoms with Crippen molar-refractivity contribution in [3.05, 3.63) is 102 Å². The Balaban J connectivity index is 1.60. The Bertz CT molecular complexity index is 1490. The lowest BCUT2D eigenvalue weighted by atomic mass is 10.1. The number of thioether (sulfide) groups is 1. The highest BCUT2D eigenvalue weighted by Crippen LogP contribution is 2.40. The molecule has 11 nitrogen and oxygen atoms in total. The summed E-state index contributed by atoms with van der Waals surface area (Å²) < 4.78 is 11.3. The highest BCUT2D eigenvalue weighted by Gasteiger charge is 2.35. The van der Waals surface area contributed by atoms with Gasteiger partial charge in [-0.3, -0.25) is 34.7 Å². The van der Waals surface area contributed by atoms with Crippen molar-refractivity contribution in [2.75, 3.05) is 6.61 Å². The highest BCUT2D eigenvalue weighted by atomic mass is 32.2. The Hall–Kier alpha value is -4.71. The van der Waals surface area contributed by atoms with Gasteiger partial charge in [0, 0.05) is 6.07 Å². The van der Waals surface area contributed by atoms with Gasteiger partial charge in [-0.05, 0) is 66.6 Å². The van der Waals surface area contributed by atoms with E-state index < -0.39 is 27.1 Å². The summed E-state index contributed by atoms with van der Waals surface area (Å²) in [6.45, 7) is 4.06. The van der Waals surface area contributed by atoms with E-state index in [-0.39, 0.29) is 40.5 Å². The summed E-state index contributed by atoms with van der Waals surface area (Å²) in [5.41, 5.74) is 1.37. The van der Waals surface area contributed by atoms with Crippen LogP contribution in [0.4, 0.5) is 16.2 Å². The molecule has 4 rings (SSSR count). The largest absolute Gasteiger partial charge is 0.490 e. The van der Waals surface area contributed by atoms with E-state index in [1.54, 1.807) is 25.1 Å². The number of imide groups is 1. The normalized spacial score (nSPS) is 14.2. The minimum Gasteiger partial charge on any atom is -0.490 e. The fourth-order valence-corrected chi connectivity index (χ4v) is 4.52. The lowest BCUT2D eigenvalue weighted by Gasteiger charge is -2.14. The van der Waals surface area contributed by atoms with Crippen molar-refractivity contribution >= 4 is 40.4 Å². The number of rotatable bonds is 9. The first-order valence-electron chi connectivity index (χ1n) is 11.3. The number of nitro groups is 2. The first-order chi connectivity index (χ1) is 18.2. The number of nitrogens with zero attached hydrogens (tertiary/aromatic N) is 3. The third kappa shape index (κ3) is 5.65. The molecule has 1 aliphatic heterocycles. The van der Waals surface area contributed by atoms with E-state index in [0.29, 0.717) is 5.56 Å². The van der Waals surface area contributed by atoms with E-state index in [1.807, 2.05) is 31.2 Å². The standard InChI is InChI=1S/C26H21N3O8S/c1-3-36-23-12-17(8-10-22(23)37-21-11-9-19(28(32)33)14-20(21)29(34)35)13-24-25(30)27(26(31)38-24)15-18-7-5-4-6-16(18)2/h4-14H,3,15H2,1-2H3/b24-13-. The minimum absolute atomic E-state index is 0.133. The maximum atomic E-state index is 13.0. The van der Waals surface area contributed by atoms with E-state index in [0.717, 1.165) is 41.1 Å². The summed E-state index contributed by atoms with van der Waals surface area (Å²) in [5, 5.41) is 22.1. The average molecular weight is 536 g/mol. The van der Waals surface area contributed by atoms with Crippen LogP contribution >= 0.6 is 11.8 Å². The molecule has 0 aliphatic carbocycles. The van der Waals surface area contributed by atoms with Crippen LogP contribution in [0.1, 0.15) is 23.6 Å². The maximum absolute atomic E-state index is 13.0. The van der Waals surface area contributed by atoms with Gasteiger partial charge in [-0.25, -0.2) is 0 Å². The van der Waals surface area contributed by atoms with Gasteiger partial charge in [-0.1, -0.05) is 30.3 Å². The number of hydrogen-bond donors (Lipinski definition) is 0. The second-order valence-electron chi connectivity index (χ2n) is 8.10. The van der Waals surface area contributed by atoms with E-state index in [9.17, 15) is 29.8 Å². The van der Waals surface area contributed by atoms with Crippen molar-refractivity contribution in [2.24, 2.45) is 0 Å². The van der Waals surface area contributed by atoms with Crippen molar-refractivity contribution in [1.29, 1.82) is 0 Å². The Morgan fingerprint density at radius 1 is 0.947 bits per heavy atom. The number of amides is 2. The van der Waals surface area contributed by atoms with Crippen LogP contribution in [-0.4, -0.2) is 32.5 Å². The smallest absolute Gasteiger partial charge is 0.318 e. The van der Waals surface area contributed by atoms with Crippen LogP contribution in [0.2, 0.25) is 0 Å². The van der Waals surface area contributed by atoms with E-state index in [1.165, 1.54) is 11.0 Å². The number of benzene rings is 3. The molecule has 38 heavy (non-hydrogen) atoms. The first kappa shape index (κ1) is 26.4. The van der Waals surface area contributed by atoms with Crippen molar-refractivity contribution in [3.63, 3.8) is 0 Å². The Morgan fingerprint density at radius 3 is 2.37 bits per heavy atom. The fourth-order valence-electron chi connectivity index (χ4n) is 3.68. The molecule has 0 spiro atoms. The predicted molar refractivity (Wildman–Crippen MR) is 140 cm³/mol. The summed E-state index contributed by atoms with van der Waals surface area (Å²) >= 11 is 0.833. The second-order valence-corrected chi connectivity index (χ2v) is 9.10. The van der Waals surface area contributed by atoms with Crippen LogP contribution in [0.25, 0.3) is 6.08 Å². The molecule has 12 heteroatoms. The van der Waals surface area contributed by atoms with E-state index in [2.05, 4.69) is 0 Å². The second kappa shape index (κ2) is 11.1. The zero-order valence-corrected chi connectivity index (χ0v) is 21.1. The topological polar surface area (TPSA) is 142 Å². The molecule has 0 atom stereocenters. The molecule has 3 aromatic carbocycles. The minimum atomic E-state index is -0.774. The van der Waals surface area contributed by atoms with Gasteiger partial charge in [0.15, 0.2) is 11.5 Å². The molecule has 0 aromatic heterocycles. The van der Waals surface area contributed by atoms with E-state index in [4.69, 9.17) is 9.47 Å². The highest BCUT2D eigenvalue weighted by molar-refractivity contribution is 8.18. The zero-order chi connectivity index (χ0) is 27.4. The molecular formula is C26H21N3O8S. The van der Waals surface area contributed by atoms with Gasteiger partial charge in [0.05, 0.1) is 34.0 Å². The third-order valence-electron chi connectivity index (χ3n) is 5.60. The number of hydrogen-bond acceptors (Lipinski definition) is 9. The molecule has 0 unspecified atom stereocenters. The summed E-state index contributed by atoms with van der Waals surface area (Å²) in [7, 11) is 0. The van der Waals surface area contributed by atoms with Gasteiger partial charge < -0.3 is 9.47 Å². The number of carbonyl (C=O) groups is 2. The molecule has 0 saturated carbocycles. The van der Waals surface area contributed by atoms with Crippen LogP contribution in [0.15, 0.2) is 65.6 Å². The maximum Gasteiger partial charge on any atom is 0.318 e. The number of aryl methyl sites for hydroxylation is 1. The molecule has 1 aliphatic rings. The van der Waals surface area contributed by atoms with Crippen LogP contribution in [0.3, 0.4) is 0 Å². The molecule has 2 amide bonds. The molecule has 0 radical (unpaired) electrons. The number of ether oxygens (including phenoxy) is 2. The molecule has 1 saturated heterocycles. The van der Waals surface area contributed by atoms with Crippen molar-refractivity contribution in [3.8, 4) is 17.2 Å². The van der Waals surface area contributed by atoms with Gasteiger partial charge in [0.1, 0.15) is 0 Å². The van der Waals surface area contributed by atoms with Crippen molar-refractivity contribution < 1.29 is 28.9 Å². The monoisotopic (exact) mass is 535 g/mol. The molecule has 0 N–H and O–H groups in total. The summed E-state index contributed by atoms with van der Waals surface area (Å²) in [5.74, 6) is -0.253. The molecule has 0 bridgehead atoms. The summed E-state index contributed by atoms with van der Waals surface area (Å²) in [6, 6.07) is 15.2. The van der Waals surface area contributed by atoms with Gasteiger partial charge in [-0.15, -0.1) is 0 Å². The molecule has 3 aromatic rings. The fraction of sp³-hybridized carbons (Fsp3) is 0.154. The molecular weight excluding hydrogens is 514 g/mol. The SMILES string of the molecule is CCOc1cc(/C=C2\SC(=O)N(Cc3ccccc3C)C2=O)ccc1Oc1ccc([N+](=O)[O-])cc1[N+](=O)[O-]. The number of non-ortho nitro benzene ring substituents is 1. The molecule has 194 valence electrons. The van der Waals surface area contributed by atoms with Crippen LogP contribution in [-0.2, 0) is 11.3 Å². The Labute approximate surface area is 221 Å². The van der Waals surface area contributed by atoms with Crippen molar-refractivity contribution in [1.82, 2.24) is 4.90 Å². The summed E-state index contributed by atoms with van der Waals surface area (Å²) in [6.07, 6.45) is 1.56. The summed E-state index contributed by atoms with van der Waals surface area (Å²) in [4.78, 5) is 47.9. The Morgan fingerprint density at radius 2 is 1.68 bits per heavy atom. The third-order valence-corrected chi connectivity index (χ3v) is 6.51. The van der Waals surface area contributed by atoms with Crippen LogP contribution in [0, 0.1) is 27.2 Å². The zero-order valence-electron chi connectivity index (χ0n) is 20.3. The lowest BCUT2D eigenvalue weighted by Crippen LogP contribution is -2.27. The van der Waals surface area contributed by atoms with Gasteiger partial charge in [-0.2, -0.15) is 0 Å². The predicted octanol–water partition coefficient (Wildman–Crippen LogP) is 6.24. The average Bonchev–Trinajstić information content (AvgIpc) is 3.14.